The number of aryl methyl sites for hydroxylation is 1. The fraction of sp³-hybridized carbons (Fsp3) is 0.773. The first-order valence-electron chi connectivity index (χ1n) is 10.3. The van der Waals surface area contributed by atoms with Gasteiger partial charge in [-0.2, -0.15) is 0 Å². The van der Waals surface area contributed by atoms with Crippen molar-refractivity contribution < 1.29 is 9.52 Å². The summed E-state index contributed by atoms with van der Waals surface area (Å²) >= 11 is 0. The maximum absolute atomic E-state index is 10.2. The van der Waals surface area contributed by atoms with Crippen molar-refractivity contribution in [2.45, 2.75) is 59.3 Å². The maximum Gasteiger partial charge on any atom is 0.191 e. The molecule has 2 saturated carbocycles. The zero-order chi connectivity index (χ0) is 18.7. The second-order valence-corrected chi connectivity index (χ2v) is 9.58. The molecule has 0 spiro atoms. The zero-order valence-electron chi connectivity index (χ0n) is 16.6. The van der Waals surface area contributed by atoms with Gasteiger partial charge in [0.05, 0.1) is 5.69 Å². The molecule has 0 radical (unpaired) electrons. The molecule has 2 fully saturated rings. The Hall–Kier alpha value is -1.13. The van der Waals surface area contributed by atoms with Crippen LogP contribution in [0.3, 0.4) is 0 Å². The molecule has 3 aliphatic carbocycles. The van der Waals surface area contributed by atoms with Gasteiger partial charge in [0.15, 0.2) is 5.89 Å². The Morgan fingerprint density at radius 1 is 1.31 bits per heavy atom. The van der Waals surface area contributed by atoms with Gasteiger partial charge in [0.25, 0.3) is 0 Å². The Balaban J connectivity index is 1.70. The molecular weight excluding hydrogens is 324 g/mol. The molecule has 6 atom stereocenters. The van der Waals surface area contributed by atoms with Crippen molar-refractivity contribution in [2.75, 3.05) is 13.2 Å². The van der Waals surface area contributed by atoms with Crippen LogP contribution in [0, 0.1) is 41.4 Å². The standard InChI is InChI=1S/C22H34N2O2/c1-13-5-6-17-16(11-23)18(7-8-21(13,17)3)22(4)10-19-20(9-15(22)12-25)26-14(2)24-19/h15-18,25H,1,5-12,23H2,2-4H3/t15-,16+,17+,18+,21-,22+/m1/s1. The number of aromatic nitrogens is 1. The molecule has 0 aliphatic heterocycles. The molecule has 1 aromatic rings. The van der Waals surface area contributed by atoms with E-state index in [1.807, 2.05) is 6.92 Å². The minimum Gasteiger partial charge on any atom is -0.446 e. The van der Waals surface area contributed by atoms with E-state index in [1.165, 1.54) is 24.8 Å². The monoisotopic (exact) mass is 358 g/mol. The molecule has 0 bridgehead atoms. The first-order valence-corrected chi connectivity index (χ1v) is 10.3. The van der Waals surface area contributed by atoms with Crippen molar-refractivity contribution in [3.8, 4) is 0 Å². The van der Waals surface area contributed by atoms with E-state index in [2.05, 4.69) is 25.4 Å². The van der Waals surface area contributed by atoms with Crippen molar-refractivity contribution in [3.63, 3.8) is 0 Å². The summed E-state index contributed by atoms with van der Waals surface area (Å²) in [5.41, 5.74) is 9.20. The normalized spacial score (nSPS) is 42.6. The van der Waals surface area contributed by atoms with Gasteiger partial charge in [-0.3, -0.25) is 0 Å². The number of rotatable bonds is 3. The van der Waals surface area contributed by atoms with Crippen LogP contribution in [-0.2, 0) is 12.8 Å². The van der Waals surface area contributed by atoms with Crippen molar-refractivity contribution in [2.24, 2.45) is 40.2 Å². The lowest BCUT2D eigenvalue weighted by molar-refractivity contribution is -0.0556. The number of allylic oxidation sites excluding steroid dienone is 1. The molecule has 3 N–H and O–H groups in total. The van der Waals surface area contributed by atoms with Crippen molar-refractivity contribution >= 4 is 0 Å². The average Bonchev–Trinajstić information content (AvgIpc) is 3.11. The summed E-state index contributed by atoms with van der Waals surface area (Å²) in [5.74, 6) is 3.61. The third-order valence-electron chi connectivity index (χ3n) is 8.53. The van der Waals surface area contributed by atoms with E-state index >= 15 is 0 Å². The van der Waals surface area contributed by atoms with Crippen LogP contribution in [0.1, 0.15) is 56.9 Å². The third kappa shape index (κ3) is 2.45. The second-order valence-electron chi connectivity index (χ2n) is 9.58. The summed E-state index contributed by atoms with van der Waals surface area (Å²) in [4.78, 5) is 4.66. The quantitative estimate of drug-likeness (QED) is 0.809. The molecule has 4 heteroatoms. The molecule has 1 heterocycles. The van der Waals surface area contributed by atoms with Gasteiger partial charge in [0.2, 0.25) is 0 Å². The second kappa shape index (κ2) is 6.20. The Kier molecular flexibility index (Phi) is 4.35. The van der Waals surface area contributed by atoms with Gasteiger partial charge in [-0.1, -0.05) is 26.0 Å². The first kappa shape index (κ1) is 18.2. The number of hydrogen-bond donors (Lipinski definition) is 2. The molecular formula is C22H34N2O2. The van der Waals surface area contributed by atoms with E-state index in [0.717, 1.165) is 43.2 Å². The van der Waals surface area contributed by atoms with E-state index in [4.69, 9.17) is 10.2 Å². The van der Waals surface area contributed by atoms with Crippen molar-refractivity contribution in [1.82, 2.24) is 4.98 Å². The van der Waals surface area contributed by atoms with Crippen LogP contribution >= 0.6 is 0 Å². The van der Waals surface area contributed by atoms with Crippen LogP contribution in [0.15, 0.2) is 16.6 Å². The summed E-state index contributed by atoms with van der Waals surface area (Å²) in [7, 11) is 0. The van der Waals surface area contributed by atoms with E-state index in [0.29, 0.717) is 17.8 Å². The number of oxazole rings is 1. The molecule has 0 aromatic carbocycles. The zero-order valence-corrected chi connectivity index (χ0v) is 16.6. The average molecular weight is 359 g/mol. The van der Waals surface area contributed by atoms with Crippen LogP contribution < -0.4 is 5.73 Å². The molecule has 0 unspecified atom stereocenters. The van der Waals surface area contributed by atoms with Gasteiger partial charge in [0, 0.05) is 20.0 Å². The number of hydrogen-bond acceptors (Lipinski definition) is 4. The van der Waals surface area contributed by atoms with Crippen LogP contribution in [-0.4, -0.2) is 23.2 Å². The summed E-state index contributed by atoms with van der Waals surface area (Å²) in [5, 5.41) is 10.2. The predicted molar refractivity (Wildman–Crippen MR) is 103 cm³/mol. The molecule has 3 aliphatic rings. The maximum atomic E-state index is 10.2. The van der Waals surface area contributed by atoms with Crippen LogP contribution in [0.4, 0.5) is 0 Å². The fourth-order valence-electron chi connectivity index (χ4n) is 6.82. The lowest BCUT2D eigenvalue weighted by Gasteiger charge is -2.55. The first-order chi connectivity index (χ1) is 12.3. The molecule has 0 amide bonds. The topological polar surface area (TPSA) is 72.3 Å². The minimum atomic E-state index is 0.0281. The van der Waals surface area contributed by atoms with Crippen LogP contribution in [0.2, 0.25) is 0 Å². The highest BCUT2D eigenvalue weighted by atomic mass is 16.4. The lowest BCUT2D eigenvalue weighted by Crippen LogP contribution is -2.53. The number of aliphatic hydroxyl groups is 1. The molecule has 0 saturated heterocycles. The van der Waals surface area contributed by atoms with Gasteiger partial charge in [-0.25, -0.2) is 4.98 Å². The number of aliphatic hydroxyl groups excluding tert-OH is 1. The Labute approximate surface area is 157 Å². The molecule has 4 rings (SSSR count). The van der Waals surface area contributed by atoms with Gasteiger partial charge < -0.3 is 15.3 Å². The minimum absolute atomic E-state index is 0.0281. The smallest absolute Gasteiger partial charge is 0.191 e. The Morgan fingerprint density at radius 2 is 2.08 bits per heavy atom. The predicted octanol–water partition coefficient (Wildman–Crippen LogP) is 3.65. The molecule has 144 valence electrons. The molecule has 1 aromatic heterocycles. The summed E-state index contributed by atoms with van der Waals surface area (Å²) in [6.45, 7) is 12.0. The SMILES string of the molecule is C=C1CC[C@H]2[C@H](CN)[C@@H]([C@@]3(C)Cc4nc(C)oc4C[C@@H]3CO)CC[C@]12C. The molecule has 4 nitrogen and oxygen atoms in total. The van der Waals surface area contributed by atoms with Crippen LogP contribution in [0.25, 0.3) is 0 Å². The summed E-state index contributed by atoms with van der Waals surface area (Å²) in [6, 6.07) is 0. The Morgan fingerprint density at radius 3 is 2.77 bits per heavy atom. The number of nitrogens with two attached hydrogens (primary N) is 1. The van der Waals surface area contributed by atoms with Crippen molar-refractivity contribution in [3.05, 3.63) is 29.5 Å². The Bertz CT molecular complexity index is 711. The van der Waals surface area contributed by atoms with E-state index in [9.17, 15) is 5.11 Å². The van der Waals surface area contributed by atoms with E-state index in [-0.39, 0.29) is 23.4 Å². The van der Waals surface area contributed by atoms with Crippen LogP contribution in [0.5, 0.6) is 0 Å². The number of nitrogens with zero attached hydrogens (tertiary/aromatic N) is 1. The highest BCUT2D eigenvalue weighted by Crippen LogP contribution is 2.62. The highest BCUT2D eigenvalue weighted by molar-refractivity contribution is 5.23. The number of fused-ring (bicyclic) bond motifs is 2. The van der Waals surface area contributed by atoms with Gasteiger partial charge in [0.1, 0.15) is 5.76 Å². The summed E-state index contributed by atoms with van der Waals surface area (Å²) < 4.78 is 5.81. The van der Waals surface area contributed by atoms with Gasteiger partial charge in [-0.05, 0) is 73.2 Å². The van der Waals surface area contributed by atoms with Crippen molar-refractivity contribution in [1.29, 1.82) is 0 Å². The van der Waals surface area contributed by atoms with Gasteiger partial charge >= 0.3 is 0 Å². The largest absolute Gasteiger partial charge is 0.446 e. The van der Waals surface area contributed by atoms with Gasteiger partial charge in [-0.15, -0.1) is 0 Å². The van der Waals surface area contributed by atoms with E-state index < -0.39 is 0 Å². The fourth-order valence-corrected chi connectivity index (χ4v) is 6.82. The van der Waals surface area contributed by atoms with E-state index in [1.54, 1.807) is 0 Å². The highest BCUT2D eigenvalue weighted by Gasteiger charge is 2.56. The third-order valence-corrected chi connectivity index (χ3v) is 8.53. The lowest BCUT2D eigenvalue weighted by atomic mass is 9.49. The molecule has 26 heavy (non-hydrogen) atoms. The summed E-state index contributed by atoms with van der Waals surface area (Å²) in [6.07, 6.45) is 6.45.